The Morgan fingerprint density at radius 3 is 2.54 bits per heavy atom. The fraction of sp³-hybridized carbons (Fsp3) is 0.208. The van der Waals surface area contributed by atoms with Crippen molar-refractivity contribution in [1.29, 1.82) is 0 Å². The third kappa shape index (κ3) is 5.17. The van der Waals surface area contributed by atoms with E-state index in [9.17, 15) is 18.0 Å². The van der Waals surface area contributed by atoms with Gasteiger partial charge in [-0.15, -0.1) is 0 Å². The summed E-state index contributed by atoms with van der Waals surface area (Å²) >= 11 is 6.13. The summed E-state index contributed by atoms with van der Waals surface area (Å²) in [6, 6.07) is 7.02. The molecular weight excluding hydrogens is 485 g/mol. The van der Waals surface area contributed by atoms with Crippen LogP contribution in [0.4, 0.5) is 18.9 Å². The molecule has 0 fully saturated rings. The van der Waals surface area contributed by atoms with Gasteiger partial charge in [-0.2, -0.15) is 5.10 Å². The molecule has 0 aliphatic heterocycles. The first-order chi connectivity index (χ1) is 16.6. The number of anilines is 1. The topological polar surface area (TPSA) is 82.2 Å². The van der Waals surface area contributed by atoms with Crippen molar-refractivity contribution in [3.05, 3.63) is 92.8 Å². The van der Waals surface area contributed by atoms with Crippen LogP contribution in [0.3, 0.4) is 0 Å². The fourth-order valence-corrected chi connectivity index (χ4v) is 3.72. The lowest BCUT2D eigenvalue weighted by molar-refractivity contribution is 0.101. The van der Waals surface area contributed by atoms with Crippen LogP contribution in [-0.2, 0) is 13.2 Å². The minimum atomic E-state index is -0.870. The molecule has 182 valence electrons. The second-order valence-electron chi connectivity index (χ2n) is 7.82. The second kappa shape index (κ2) is 9.83. The average Bonchev–Trinajstić information content (AvgIpc) is 3.29. The summed E-state index contributed by atoms with van der Waals surface area (Å²) in [7, 11) is 0. The first kappa shape index (κ1) is 24.3. The number of hydrogen-bond acceptors (Lipinski definition) is 5. The highest BCUT2D eigenvalue weighted by Gasteiger charge is 2.23. The van der Waals surface area contributed by atoms with E-state index >= 15 is 0 Å². The first-order valence-corrected chi connectivity index (χ1v) is 10.8. The van der Waals surface area contributed by atoms with Crippen molar-refractivity contribution in [3.8, 4) is 5.75 Å². The molecular formula is C24H20ClF3N4O3. The number of aromatic nitrogens is 3. The maximum Gasteiger partial charge on any atom is 0.278 e. The first-order valence-electron chi connectivity index (χ1n) is 10.5. The van der Waals surface area contributed by atoms with Gasteiger partial charge in [-0.25, -0.2) is 13.2 Å². The Morgan fingerprint density at radius 2 is 1.83 bits per heavy atom. The zero-order chi connectivity index (χ0) is 25.3. The SMILES string of the molecule is Cc1nn(Cc2ccc(F)cc2Cl)c(C)c1NC(=O)c1noc(C)c1COc1ccc(F)cc1F. The smallest absolute Gasteiger partial charge is 0.278 e. The quantitative estimate of drug-likeness (QED) is 0.347. The molecule has 0 aliphatic carbocycles. The van der Waals surface area contributed by atoms with Crippen molar-refractivity contribution in [2.24, 2.45) is 0 Å². The Bertz CT molecular complexity index is 1420. The van der Waals surface area contributed by atoms with E-state index in [4.69, 9.17) is 20.9 Å². The van der Waals surface area contributed by atoms with Gasteiger partial charge in [0.25, 0.3) is 5.91 Å². The van der Waals surface area contributed by atoms with Crippen LogP contribution in [0.15, 0.2) is 40.9 Å². The predicted molar refractivity (Wildman–Crippen MR) is 122 cm³/mol. The van der Waals surface area contributed by atoms with Gasteiger partial charge in [0.05, 0.1) is 29.2 Å². The van der Waals surface area contributed by atoms with E-state index in [1.807, 2.05) is 0 Å². The van der Waals surface area contributed by atoms with Gasteiger partial charge in [0.15, 0.2) is 17.3 Å². The lowest BCUT2D eigenvalue weighted by Crippen LogP contribution is -2.16. The van der Waals surface area contributed by atoms with Crippen molar-refractivity contribution in [2.75, 3.05) is 5.32 Å². The summed E-state index contributed by atoms with van der Waals surface area (Å²) in [5.41, 5.74) is 2.58. The number of rotatable bonds is 7. The van der Waals surface area contributed by atoms with E-state index in [2.05, 4.69) is 15.6 Å². The van der Waals surface area contributed by atoms with Crippen molar-refractivity contribution < 1.29 is 27.2 Å². The second-order valence-corrected chi connectivity index (χ2v) is 8.23. The lowest BCUT2D eigenvalue weighted by Gasteiger charge is -2.09. The van der Waals surface area contributed by atoms with Crippen molar-refractivity contribution >= 4 is 23.2 Å². The normalized spacial score (nSPS) is 11.1. The molecule has 1 N–H and O–H groups in total. The van der Waals surface area contributed by atoms with Gasteiger partial charge in [0.1, 0.15) is 24.0 Å². The number of nitrogens with one attached hydrogen (secondary N) is 1. The molecule has 2 aromatic heterocycles. The molecule has 4 rings (SSSR count). The van der Waals surface area contributed by atoms with Gasteiger partial charge < -0.3 is 14.6 Å². The van der Waals surface area contributed by atoms with Crippen molar-refractivity contribution in [3.63, 3.8) is 0 Å². The molecule has 1 amide bonds. The maximum atomic E-state index is 13.9. The zero-order valence-electron chi connectivity index (χ0n) is 19.0. The molecule has 0 atom stereocenters. The summed E-state index contributed by atoms with van der Waals surface area (Å²) in [6.45, 7) is 5.13. The highest BCUT2D eigenvalue weighted by Crippen LogP contribution is 2.26. The Labute approximate surface area is 203 Å². The third-order valence-corrected chi connectivity index (χ3v) is 5.77. The van der Waals surface area contributed by atoms with E-state index < -0.39 is 23.4 Å². The number of ether oxygens (including phenoxy) is 1. The monoisotopic (exact) mass is 504 g/mol. The predicted octanol–water partition coefficient (Wildman–Crippen LogP) is 5.75. The number of nitrogens with zero attached hydrogens (tertiary/aromatic N) is 3. The number of amides is 1. The number of benzene rings is 2. The van der Waals surface area contributed by atoms with Crippen LogP contribution in [0, 0.1) is 38.2 Å². The van der Waals surface area contributed by atoms with Gasteiger partial charge in [0, 0.05) is 11.1 Å². The molecule has 0 saturated heterocycles. The number of hydrogen-bond donors (Lipinski definition) is 1. The maximum absolute atomic E-state index is 13.9. The highest BCUT2D eigenvalue weighted by atomic mass is 35.5. The molecule has 0 radical (unpaired) electrons. The molecule has 7 nitrogen and oxygen atoms in total. The Kier molecular flexibility index (Phi) is 6.83. The number of carbonyl (C=O) groups is 1. The van der Waals surface area contributed by atoms with Gasteiger partial charge in [-0.3, -0.25) is 9.48 Å². The molecule has 2 aromatic carbocycles. The molecule has 35 heavy (non-hydrogen) atoms. The van der Waals surface area contributed by atoms with Crippen LogP contribution in [0.25, 0.3) is 0 Å². The van der Waals surface area contributed by atoms with Crippen LogP contribution >= 0.6 is 11.6 Å². The van der Waals surface area contributed by atoms with E-state index in [1.165, 1.54) is 12.1 Å². The summed E-state index contributed by atoms with van der Waals surface area (Å²) in [6.07, 6.45) is 0. The fourth-order valence-electron chi connectivity index (χ4n) is 3.50. The minimum Gasteiger partial charge on any atom is -0.486 e. The van der Waals surface area contributed by atoms with Crippen molar-refractivity contribution in [1.82, 2.24) is 14.9 Å². The average molecular weight is 505 g/mol. The van der Waals surface area contributed by atoms with Gasteiger partial charge >= 0.3 is 0 Å². The Balaban J connectivity index is 1.52. The molecule has 4 aromatic rings. The largest absolute Gasteiger partial charge is 0.486 e. The van der Waals surface area contributed by atoms with Crippen LogP contribution in [0.2, 0.25) is 5.02 Å². The van der Waals surface area contributed by atoms with Gasteiger partial charge in [-0.05, 0) is 50.6 Å². The van der Waals surface area contributed by atoms with Crippen molar-refractivity contribution in [2.45, 2.75) is 33.9 Å². The lowest BCUT2D eigenvalue weighted by atomic mass is 10.2. The molecule has 2 heterocycles. The summed E-state index contributed by atoms with van der Waals surface area (Å²) < 4.78 is 52.6. The van der Waals surface area contributed by atoms with E-state index in [0.29, 0.717) is 40.0 Å². The Hall–Kier alpha value is -3.79. The minimum absolute atomic E-state index is 0.0434. The van der Waals surface area contributed by atoms with E-state index in [-0.39, 0.29) is 29.6 Å². The number of carbonyl (C=O) groups excluding carboxylic acids is 1. The zero-order valence-corrected chi connectivity index (χ0v) is 19.7. The molecule has 0 aliphatic rings. The molecule has 11 heteroatoms. The molecule has 0 saturated carbocycles. The van der Waals surface area contributed by atoms with Crippen LogP contribution in [0.5, 0.6) is 5.75 Å². The van der Waals surface area contributed by atoms with E-state index in [0.717, 1.165) is 12.1 Å². The summed E-state index contributed by atoms with van der Waals surface area (Å²) in [5, 5.41) is 11.3. The molecule has 0 bridgehead atoms. The van der Waals surface area contributed by atoms with Crippen LogP contribution in [-0.4, -0.2) is 20.8 Å². The molecule has 0 spiro atoms. The van der Waals surface area contributed by atoms with Gasteiger partial charge in [-0.1, -0.05) is 22.8 Å². The summed E-state index contributed by atoms with van der Waals surface area (Å²) in [4.78, 5) is 13.0. The number of aryl methyl sites for hydroxylation is 2. The standard InChI is InChI=1S/C24H20ClF3N4O3/c1-12-22(13(2)32(30-12)10-15-4-5-16(26)8-19(15)25)29-24(33)23-18(14(3)35-31-23)11-34-21-7-6-17(27)9-20(21)28/h4-9H,10-11H2,1-3H3,(H,29,33). The summed E-state index contributed by atoms with van der Waals surface area (Å²) in [5.74, 6) is -2.48. The Morgan fingerprint density at radius 1 is 1.11 bits per heavy atom. The molecule has 0 unspecified atom stereocenters. The highest BCUT2D eigenvalue weighted by molar-refractivity contribution is 6.31. The van der Waals surface area contributed by atoms with Crippen LogP contribution in [0.1, 0.15) is 38.8 Å². The van der Waals surface area contributed by atoms with Crippen LogP contribution < -0.4 is 10.1 Å². The van der Waals surface area contributed by atoms with Gasteiger partial charge in [0.2, 0.25) is 0 Å². The van der Waals surface area contributed by atoms with E-state index in [1.54, 1.807) is 31.5 Å². The third-order valence-electron chi connectivity index (χ3n) is 5.42. The number of halogens is 4.